The van der Waals surface area contributed by atoms with Crippen LogP contribution in [0.2, 0.25) is 0 Å². The maximum Gasteiger partial charge on any atom is 0.253 e. The largest absolute Gasteiger partial charge is 0.355 e. The van der Waals surface area contributed by atoms with Crippen LogP contribution in [0.15, 0.2) is 54.9 Å². The highest BCUT2D eigenvalue weighted by Gasteiger charge is 2.13. The molecule has 126 valence electrons. The van der Waals surface area contributed by atoms with Crippen LogP contribution in [0.25, 0.3) is 5.69 Å². The Balaban J connectivity index is 1.70. The lowest BCUT2D eigenvalue weighted by Crippen LogP contribution is -2.24. The first kappa shape index (κ1) is 16.3. The Bertz CT molecular complexity index is 874. The molecule has 0 saturated carbocycles. The molecule has 3 aromatic rings. The maximum atomic E-state index is 12.5. The van der Waals surface area contributed by atoms with Crippen molar-refractivity contribution in [3.8, 4) is 5.69 Å². The Morgan fingerprint density at radius 3 is 2.48 bits per heavy atom. The van der Waals surface area contributed by atoms with Gasteiger partial charge in [-0.3, -0.25) is 9.59 Å². The highest BCUT2D eigenvalue weighted by molar-refractivity contribution is 5.97. The van der Waals surface area contributed by atoms with Crippen LogP contribution in [0, 0.1) is 0 Å². The topological polar surface area (TPSA) is 102 Å². The summed E-state index contributed by atoms with van der Waals surface area (Å²) in [5.41, 5.74) is 2.53. The number of rotatable bonds is 5. The van der Waals surface area contributed by atoms with Gasteiger partial charge in [0.25, 0.3) is 11.8 Å². The van der Waals surface area contributed by atoms with Crippen molar-refractivity contribution in [2.24, 2.45) is 0 Å². The summed E-state index contributed by atoms with van der Waals surface area (Å²) in [5.74, 6) is -0.382. The van der Waals surface area contributed by atoms with E-state index in [1.165, 1.54) is 11.0 Å². The number of hydrogen-bond acceptors (Lipinski definition) is 5. The third kappa shape index (κ3) is 3.69. The molecule has 0 saturated heterocycles. The van der Waals surface area contributed by atoms with E-state index in [1.54, 1.807) is 49.5 Å². The van der Waals surface area contributed by atoms with Gasteiger partial charge in [0.05, 0.1) is 11.3 Å². The predicted molar refractivity (Wildman–Crippen MR) is 90.2 cm³/mol. The molecular formula is C17H16N6O2. The third-order valence-corrected chi connectivity index (χ3v) is 3.64. The van der Waals surface area contributed by atoms with Crippen molar-refractivity contribution >= 4 is 11.8 Å². The Labute approximate surface area is 143 Å². The van der Waals surface area contributed by atoms with Crippen LogP contribution in [-0.4, -0.2) is 39.1 Å². The first-order valence-electron chi connectivity index (χ1n) is 7.60. The van der Waals surface area contributed by atoms with E-state index >= 15 is 0 Å². The fourth-order valence-corrected chi connectivity index (χ4v) is 2.33. The molecule has 1 aromatic heterocycles. The van der Waals surface area contributed by atoms with Gasteiger partial charge in [0.15, 0.2) is 0 Å². The number of benzene rings is 2. The van der Waals surface area contributed by atoms with E-state index in [9.17, 15) is 9.59 Å². The van der Waals surface area contributed by atoms with Gasteiger partial charge < -0.3 is 10.6 Å². The number of nitrogens with one attached hydrogen (secondary N) is 2. The van der Waals surface area contributed by atoms with Gasteiger partial charge in [-0.25, -0.2) is 0 Å². The van der Waals surface area contributed by atoms with Crippen LogP contribution < -0.4 is 10.6 Å². The second-order valence-electron chi connectivity index (χ2n) is 5.23. The summed E-state index contributed by atoms with van der Waals surface area (Å²) in [4.78, 5) is 24.0. The minimum atomic E-state index is -0.235. The number of amides is 2. The minimum absolute atomic E-state index is 0.147. The molecule has 2 amide bonds. The highest BCUT2D eigenvalue weighted by atomic mass is 16.2. The monoisotopic (exact) mass is 336 g/mol. The Hall–Kier alpha value is -3.55. The lowest BCUT2D eigenvalue weighted by Gasteiger charge is -2.09. The fraction of sp³-hybridized carbons (Fsp3) is 0.118. The summed E-state index contributed by atoms with van der Waals surface area (Å²) in [6, 6.07) is 14.1. The van der Waals surface area contributed by atoms with E-state index < -0.39 is 0 Å². The number of carbonyl (C=O) groups excluding carboxylic acids is 2. The molecule has 0 fully saturated rings. The summed E-state index contributed by atoms with van der Waals surface area (Å²) in [5, 5.41) is 16.4. The van der Waals surface area contributed by atoms with E-state index in [2.05, 4.69) is 26.2 Å². The van der Waals surface area contributed by atoms with Crippen LogP contribution in [0.4, 0.5) is 0 Å². The molecule has 1 heterocycles. The zero-order valence-corrected chi connectivity index (χ0v) is 13.5. The quantitative estimate of drug-likeness (QED) is 0.722. The van der Waals surface area contributed by atoms with Crippen LogP contribution in [-0.2, 0) is 6.54 Å². The van der Waals surface area contributed by atoms with E-state index in [-0.39, 0.29) is 11.8 Å². The van der Waals surface area contributed by atoms with Crippen molar-refractivity contribution in [1.82, 2.24) is 30.8 Å². The molecule has 0 spiro atoms. The highest BCUT2D eigenvalue weighted by Crippen LogP contribution is 2.13. The molecule has 0 radical (unpaired) electrons. The SMILES string of the molecule is CNC(=O)c1ccc(CNC(=O)c2ccccc2-n2cnnn2)cc1. The molecule has 2 aromatic carbocycles. The average Bonchev–Trinajstić information content (AvgIpc) is 3.20. The molecule has 25 heavy (non-hydrogen) atoms. The number of aromatic nitrogens is 4. The van der Waals surface area contributed by atoms with Gasteiger partial charge in [0, 0.05) is 19.2 Å². The maximum absolute atomic E-state index is 12.5. The number of para-hydroxylation sites is 1. The lowest BCUT2D eigenvalue weighted by atomic mass is 10.1. The first-order chi connectivity index (χ1) is 12.2. The third-order valence-electron chi connectivity index (χ3n) is 3.64. The zero-order valence-electron chi connectivity index (χ0n) is 13.5. The predicted octanol–water partition coefficient (Wildman–Crippen LogP) is 0.952. The number of tetrazole rings is 1. The molecule has 0 aliphatic heterocycles. The van der Waals surface area contributed by atoms with Crippen LogP contribution in [0.1, 0.15) is 26.3 Å². The smallest absolute Gasteiger partial charge is 0.253 e. The van der Waals surface area contributed by atoms with E-state index in [1.807, 2.05) is 6.07 Å². The van der Waals surface area contributed by atoms with E-state index in [0.717, 1.165) is 5.56 Å². The van der Waals surface area contributed by atoms with Crippen molar-refractivity contribution < 1.29 is 9.59 Å². The molecule has 2 N–H and O–H groups in total. The normalized spacial score (nSPS) is 10.3. The average molecular weight is 336 g/mol. The fourth-order valence-electron chi connectivity index (χ4n) is 2.33. The van der Waals surface area contributed by atoms with Crippen molar-refractivity contribution in [2.75, 3.05) is 7.05 Å². The summed E-state index contributed by atoms with van der Waals surface area (Å²) >= 11 is 0. The molecule has 0 aliphatic rings. The van der Waals surface area contributed by atoms with Gasteiger partial charge in [0.1, 0.15) is 6.33 Å². The van der Waals surface area contributed by atoms with Gasteiger partial charge in [0.2, 0.25) is 0 Å². The van der Waals surface area contributed by atoms with Crippen molar-refractivity contribution in [3.05, 3.63) is 71.5 Å². The zero-order chi connectivity index (χ0) is 17.6. The molecule has 0 unspecified atom stereocenters. The summed E-state index contributed by atoms with van der Waals surface area (Å²) < 4.78 is 1.44. The van der Waals surface area contributed by atoms with E-state index in [4.69, 9.17) is 0 Å². The molecule has 0 aliphatic carbocycles. The van der Waals surface area contributed by atoms with Gasteiger partial charge >= 0.3 is 0 Å². The standard InChI is InChI=1S/C17H16N6O2/c1-18-16(24)13-8-6-12(7-9-13)10-19-17(25)14-4-2-3-5-15(14)23-11-20-21-22-23/h2-9,11H,10H2,1H3,(H,18,24)(H,19,25). The number of nitrogens with zero attached hydrogens (tertiary/aromatic N) is 4. The number of carbonyl (C=O) groups is 2. The molecule has 8 nitrogen and oxygen atoms in total. The summed E-state index contributed by atoms with van der Waals surface area (Å²) in [7, 11) is 1.58. The van der Waals surface area contributed by atoms with Gasteiger partial charge in [-0.2, -0.15) is 4.68 Å². The Kier molecular flexibility index (Phi) is 4.79. The molecule has 3 rings (SSSR count). The van der Waals surface area contributed by atoms with Gasteiger partial charge in [-0.05, 0) is 40.3 Å². The van der Waals surface area contributed by atoms with Crippen LogP contribution in [0.3, 0.4) is 0 Å². The summed E-state index contributed by atoms with van der Waals surface area (Å²) in [6.45, 7) is 0.344. The van der Waals surface area contributed by atoms with Crippen molar-refractivity contribution in [2.45, 2.75) is 6.54 Å². The molecule has 0 bridgehead atoms. The van der Waals surface area contributed by atoms with Crippen molar-refractivity contribution in [3.63, 3.8) is 0 Å². The van der Waals surface area contributed by atoms with Crippen molar-refractivity contribution in [1.29, 1.82) is 0 Å². The minimum Gasteiger partial charge on any atom is -0.355 e. The number of hydrogen-bond donors (Lipinski definition) is 2. The Morgan fingerprint density at radius 2 is 1.80 bits per heavy atom. The molecule has 8 heteroatoms. The summed E-state index contributed by atoms with van der Waals surface area (Å²) in [6.07, 6.45) is 1.43. The van der Waals surface area contributed by atoms with Crippen LogP contribution >= 0.6 is 0 Å². The Morgan fingerprint density at radius 1 is 1.04 bits per heavy atom. The van der Waals surface area contributed by atoms with E-state index in [0.29, 0.717) is 23.4 Å². The second kappa shape index (κ2) is 7.35. The lowest BCUT2D eigenvalue weighted by molar-refractivity contribution is 0.0946. The first-order valence-corrected chi connectivity index (χ1v) is 7.60. The molecular weight excluding hydrogens is 320 g/mol. The van der Waals surface area contributed by atoms with Gasteiger partial charge in [-0.15, -0.1) is 5.10 Å². The van der Waals surface area contributed by atoms with Crippen LogP contribution in [0.5, 0.6) is 0 Å². The molecule has 0 atom stereocenters. The van der Waals surface area contributed by atoms with Gasteiger partial charge in [-0.1, -0.05) is 24.3 Å². The second-order valence-corrected chi connectivity index (χ2v) is 5.23.